The van der Waals surface area contributed by atoms with Gasteiger partial charge in [0.2, 0.25) is 0 Å². The van der Waals surface area contributed by atoms with Crippen molar-refractivity contribution in [3.05, 3.63) is 30.1 Å². The van der Waals surface area contributed by atoms with Crippen molar-refractivity contribution in [1.29, 1.82) is 0 Å². The molecular weight excluding hydrogens is 272 g/mol. The molecule has 100 valence electrons. The maximum atomic E-state index is 11.7. The Hall–Kier alpha value is -2.29. The van der Waals surface area contributed by atoms with E-state index in [0.29, 0.717) is 5.69 Å². The number of nitrogens with zero attached hydrogens (tertiary/aromatic N) is 4. The van der Waals surface area contributed by atoms with E-state index >= 15 is 0 Å². The summed E-state index contributed by atoms with van der Waals surface area (Å²) in [6, 6.07) is 4.18. The fourth-order valence-corrected chi connectivity index (χ4v) is 2.39. The molecular formula is C10H10N4O4S. The van der Waals surface area contributed by atoms with Crippen molar-refractivity contribution in [2.45, 2.75) is 4.90 Å². The Morgan fingerprint density at radius 3 is 2.63 bits per heavy atom. The minimum Gasteiger partial charge on any atom is -0.465 e. The zero-order chi connectivity index (χ0) is 14.0. The zero-order valence-electron chi connectivity index (χ0n) is 10.1. The fourth-order valence-electron chi connectivity index (χ4n) is 1.53. The number of rotatable bonds is 3. The van der Waals surface area contributed by atoms with Crippen LogP contribution in [0.3, 0.4) is 0 Å². The van der Waals surface area contributed by atoms with Gasteiger partial charge in [0.05, 0.1) is 23.3 Å². The third-order valence-corrected chi connectivity index (χ3v) is 3.54. The van der Waals surface area contributed by atoms with Gasteiger partial charge >= 0.3 is 5.97 Å². The van der Waals surface area contributed by atoms with Gasteiger partial charge in [-0.2, -0.15) is 0 Å². The van der Waals surface area contributed by atoms with Crippen molar-refractivity contribution in [2.24, 2.45) is 0 Å². The van der Waals surface area contributed by atoms with Crippen LogP contribution in [0.1, 0.15) is 10.4 Å². The molecule has 0 radical (unpaired) electrons. The predicted molar refractivity (Wildman–Crippen MR) is 63.6 cm³/mol. The van der Waals surface area contributed by atoms with Crippen LogP contribution < -0.4 is 0 Å². The Balaban J connectivity index is 2.64. The molecule has 0 saturated carbocycles. The number of methoxy groups -OCH3 is 1. The molecule has 2 aromatic rings. The first kappa shape index (κ1) is 13.1. The lowest BCUT2D eigenvalue weighted by Crippen LogP contribution is -2.11. The molecule has 1 aromatic carbocycles. The predicted octanol–water partition coefficient (Wildman–Crippen LogP) is -0.148. The zero-order valence-corrected chi connectivity index (χ0v) is 11.0. The van der Waals surface area contributed by atoms with E-state index in [1.807, 2.05) is 0 Å². The SMILES string of the molecule is COC(=O)c1cc(-n2cnnn2)ccc1S(C)(=O)=O. The van der Waals surface area contributed by atoms with Crippen molar-refractivity contribution in [2.75, 3.05) is 13.4 Å². The summed E-state index contributed by atoms with van der Waals surface area (Å²) in [7, 11) is -2.36. The van der Waals surface area contributed by atoms with Gasteiger partial charge in [0.1, 0.15) is 6.33 Å². The van der Waals surface area contributed by atoms with E-state index in [4.69, 9.17) is 0 Å². The molecule has 0 aliphatic carbocycles. The maximum absolute atomic E-state index is 11.7. The van der Waals surface area contributed by atoms with Gasteiger partial charge in [0, 0.05) is 6.26 Å². The van der Waals surface area contributed by atoms with Gasteiger partial charge in [-0.1, -0.05) is 0 Å². The fraction of sp³-hybridized carbons (Fsp3) is 0.200. The van der Waals surface area contributed by atoms with E-state index in [1.165, 1.54) is 36.3 Å². The van der Waals surface area contributed by atoms with Crippen molar-refractivity contribution in [3.8, 4) is 5.69 Å². The molecule has 2 rings (SSSR count). The molecule has 1 heterocycles. The number of sulfone groups is 1. The van der Waals surface area contributed by atoms with Gasteiger partial charge in [-0.05, 0) is 28.6 Å². The number of ether oxygens (including phenoxy) is 1. The van der Waals surface area contributed by atoms with Crippen LogP contribution >= 0.6 is 0 Å². The number of aromatic nitrogens is 4. The van der Waals surface area contributed by atoms with Gasteiger partial charge in [-0.3, -0.25) is 0 Å². The van der Waals surface area contributed by atoms with Crippen LogP contribution in [0.25, 0.3) is 5.69 Å². The highest BCUT2D eigenvalue weighted by molar-refractivity contribution is 7.90. The molecule has 0 saturated heterocycles. The van der Waals surface area contributed by atoms with E-state index < -0.39 is 15.8 Å². The third-order valence-electron chi connectivity index (χ3n) is 2.38. The highest BCUT2D eigenvalue weighted by Crippen LogP contribution is 2.20. The molecule has 0 unspecified atom stereocenters. The second-order valence-corrected chi connectivity index (χ2v) is 5.68. The maximum Gasteiger partial charge on any atom is 0.339 e. The number of benzene rings is 1. The molecule has 8 nitrogen and oxygen atoms in total. The molecule has 0 bridgehead atoms. The van der Waals surface area contributed by atoms with Crippen molar-refractivity contribution in [1.82, 2.24) is 20.2 Å². The minimum absolute atomic E-state index is 0.0574. The van der Waals surface area contributed by atoms with Crippen LogP contribution in [0.4, 0.5) is 0 Å². The Morgan fingerprint density at radius 2 is 2.11 bits per heavy atom. The van der Waals surface area contributed by atoms with E-state index in [2.05, 4.69) is 20.3 Å². The first-order chi connectivity index (χ1) is 8.93. The summed E-state index contributed by atoms with van der Waals surface area (Å²) in [6.07, 6.45) is 2.35. The number of tetrazole rings is 1. The van der Waals surface area contributed by atoms with Gasteiger partial charge < -0.3 is 4.74 Å². The Kier molecular flexibility index (Phi) is 3.30. The lowest BCUT2D eigenvalue weighted by Gasteiger charge is -2.08. The molecule has 0 N–H and O–H groups in total. The van der Waals surface area contributed by atoms with Gasteiger partial charge in [0.15, 0.2) is 9.84 Å². The molecule has 0 amide bonds. The number of hydrogen-bond donors (Lipinski definition) is 0. The first-order valence-corrected chi connectivity index (χ1v) is 6.98. The summed E-state index contributed by atoms with van der Waals surface area (Å²) in [5.41, 5.74) is 0.399. The first-order valence-electron chi connectivity index (χ1n) is 5.09. The van der Waals surface area contributed by atoms with E-state index in [1.54, 1.807) is 0 Å². The van der Waals surface area contributed by atoms with Crippen LogP contribution in [-0.4, -0.2) is 48.0 Å². The van der Waals surface area contributed by atoms with E-state index in [9.17, 15) is 13.2 Å². The monoisotopic (exact) mass is 282 g/mol. The Labute approximate surface area is 108 Å². The minimum atomic E-state index is -3.54. The smallest absolute Gasteiger partial charge is 0.339 e. The van der Waals surface area contributed by atoms with Crippen LogP contribution in [0.15, 0.2) is 29.4 Å². The summed E-state index contributed by atoms with van der Waals surface area (Å²) in [4.78, 5) is 11.6. The quantitative estimate of drug-likeness (QED) is 0.721. The normalized spacial score (nSPS) is 11.3. The molecule has 0 atom stereocenters. The molecule has 0 aliphatic heterocycles. The third kappa shape index (κ3) is 2.60. The Morgan fingerprint density at radius 1 is 1.37 bits per heavy atom. The van der Waals surface area contributed by atoms with Gasteiger partial charge in [-0.25, -0.2) is 17.9 Å². The molecule has 0 aliphatic rings. The standard InChI is InChI=1S/C10H10N4O4S/c1-18-10(15)8-5-7(14-6-11-12-13-14)3-4-9(8)19(2,16)17/h3-6H,1-2H3. The number of hydrogen-bond acceptors (Lipinski definition) is 7. The number of carbonyl (C=O) groups is 1. The largest absolute Gasteiger partial charge is 0.465 e. The van der Waals surface area contributed by atoms with E-state index in [0.717, 1.165) is 6.26 Å². The lowest BCUT2D eigenvalue weighted by atomic mass is 10.2. The molecule has 0 fully saturated rings. The highest BCUT2D eigenvalue weighted by Gasteiger charge is 2.20. The van der Waals surface area contributed by atoms with Gasteiger partial charge in [0.25, 0.3) is 0 Å². The second kappa shape index (κ2) is 4.76. The van der Waals surface area contributed by atoms with Crippen molar-refractivity contribution >= 4 is 15.8 Å². The molecule has 0 spiro atoms. The van der Waals surface area contributed by atoms with Crippen LogP contribution in [0.5, 0.6) is 0 Å². The lowest BCUT2D eigenvalue weighted by molar-refractivity contribution is 0.0596. The number of carbonyl (C=O) groups excluding carboxylic acids is 1. The molecule has 1 aromatic heterocycles. The average Bonchev–Trinajstić information content (AvgIpc) is 2.90. The molecule has 9 heteroatoms. The van der Waals surface area contributed by atoms with Crippen LogP contribution in [0, 0.1) is 0 Å². The highest BCUT2D eigenvalue weighted by atomic mass is 32.2. The Bertz CT molecular complexity index is 709. The summed E-state index contributed by atoms with van der Waals surface area (Å²) in [5, 5.41) is 10.6. The number of esters is 1. The summed E-state index contributed by atoms with van der Waals surface area (Å²) in [6.45, 7) is 0. The van der Waals surface area contributed by atoms with E-state index in [-0.39, 0.29) is 10.5 Å². The molecule has 19 heavy (non-hydrogen) atoms. The van der Waals surface area contributed by atoms with Gasteiger partial charge in [-0.15, -0.1) is 5.10 Å². The summed E-state index contributed by atoms with van der Waals surface area (Å²) < 4.78 is 29.1. The second-order valence-electron chi connectivity index (χ2n) is 3.70. The van der Waals surface area contributed by atoms with Crippen molar-refractivity contribution < 1.29 is 17.9 Å². The summed E-state index contributed by atoms with van der Waals surface area (Å²) in [5.74, 6) is -0.740. The topological polar surface area (TPSA) is 104 Å². The van der Waals surface area contributed by atoms with Crippen LogP contribution in [0.2, 0.25) is 0 Å². The average molecular weight is 282 g/mol. The summed E-state index contributed by atoms with van der Waals surface area (Å²) >= 11 is 0. The van der Waals surface area contributed by atoms with Crippen molar-refractivity contribution in [3.63, 3.8) is 0 Å². The van der Waals surface area contributed by atoms with Crippen LogP contribution in [-0.2, 0) is 14.6 Å².